The number of carbonyl (C=O) groups is 1. The molecule has 0 unspecified atom stereocenters. The van der Waals surface area contributed by atoms with Crippen LogP contribution in [0, 0.1) is 6.42 Å². The van der Waals surface area contributed by atoms with Crippen molar-refractivity contribution in [1.82, 2.24) is 4.90 Å². The van der Waals surface area contributed by atoms with Gasteiger partial charge in [-0.2, -0.15) is 6.92 Å². The van der Waals surface area contributed by atoms with Crippen LogP contribution in [0.4, 0.5) is 0 Å². The van der Waals surface area contributed by atoms with E-state index >= 15 is 0 Å². The molecule has 0 aromatic rings. The van der Waals surface area contributed by atoms with Crippen LogP contribution >= 0.6 is 0 Å². The van der Waals surface area contributed by atoms with Crippen molar-refractivity contribution in [2.45, 2.75) is 6.92 Å². The maximum absolute atomic E-state index is 10.4. The quantitative estimate of drug-likeness (QED) is 0.364. The standard InChI is InChI=1S/C5H10NO.BrH.Zn/c1-4-5(7)6(2)3;;/h4H,1-3H3;1H;/q-1;;+2/p-1. The Morgan fingerprint density at radius 1 is 1.44 bits per heavy atom. The monoisotopic (exact) mass is 243 g/mol. The maximum Gasteiger partial charge on any atom is 2.00 e. The number of carbonyl (C=O) groups excluding carboxylic acids is 1. The molecular formula is C5H10BrNOZn. The van der Waals surface area contributed by atoms with Gasteiger partial charge in [-0.15, -0.1) is 0 Å². The van der Waals surface area contributed by atoms with E-state index in [2.05, 4.69) is 0 Å². The van der Waals surface area contributed by atoms with Crippen LogP contribution in [0.25, 0.3) is 0 Å². The van der Waals surface area contributed by atoms with Crippen molar-refractivity contribution in [2.24, 2.45) is 0 Å². The Morgan fingerprint density at radius 3 is 1.78 bits per heavy atom. The van der Waals surface area contributed by atoms with Gasteiger partial charge in [0, 0.05) is 14.1 Å². The summed E-state index contributed by atoms with van der Waals surface area (Å²) >= 11 is 0. The third-order valence-electron chi connectivity index (χ3n) is 0.688. The van der Waals surface area contributed by atoms with Crippen molar-refractivity contribution in [3.8, 4) is 0 Å². The molecule has 0 atom stereocenters. The first-order chi connectivity index (χ1) is 3.18. The Kier molecular flexibility index (Phi) is 15.2. The molecule has 4 heteroatoms. The van der Waals surface area contributed by atoms with E-state index < -0.39 is 0 Å². The molecule has 1 amide bonds. The molecule has 0 N–H and O–H groups in total. The van der Waals surface area contributed by atoms with Crippen LogP contribution in [0.2, 0.25) is 0 Å². The van der Waals surface area contributed by atoms with Crippen LogP contribution < -0.4 is 17.0 Å². The predicted octanol–water partition coefficient (Wildman–Crippen LogP) is -2.70. The molecule has 9 heavy (non-hydrogen) atoms. The van der Waals surface area contributed by atoms with Crippen molar-refractivity contribution in [3.63, 3.8) is 0 Å². The summed E-state index contributed by atoms with van der Waals surface area (Å²) in [5.41, 5.74) is 0. The molecule has 0 saturated heterocycles. The average Bonchev–Trinajstić information content (AvgIpc) is 1.65. The number of nitrogens with zero attached hydrogens (tertiary/aromatic N) is 1. The van der Waals surface area contributed by atoms with Crippen LogP contribution in [-0.4, -0.2) is 24.9 Å². The minimum atomic E-state index is 0. The van der Waals surface area contributed by atoms with Crippen LogP contribution in [0.3, 0.4) is 0 Å². The Morgan fingerprint density at radius 2 is 1.78 bits per heavy atom. The molecule has 0 radical (unpaired) electrons. The Labute approximate surface area is 79.5 Å². The maximum atomic E-state index is 10.4. The zero-order valence-electron chi connectivity index (χ0n) is 6.02. The number of halogens is 1. The van der Waals surface area contributed by atoms with Crippen molar-refractivity contribution in [1.29, 1.82) is 0 Å². The number of hydrogen-bond donors (Lipinski definition) is 0. The fourth-order valence-electron chi connectivity index (χ4n) is 0.258. The summed E-state index contributed by atoms with van der Waals surface area (Å²) in [6.07, 6.45) is 1.53. The Balaban J connectivity index is -0.000000180. The third kappa shape index (κ3) is 8.44. The summed E-state index contributed by atoms with van der Waals surface area (Å²) in [6, 6.07) is 0. The fraction of sp³-hybridized carbons (Fsp3) is 0.600. The Hall–Kier alpha value is 0.443. The van der Waals surface area contributed by atoms with Gasteiger partial charge >= 0.3 is 19.5 Å². The van der Waals surface area contributed by atoms with Crippen molar-refractivity contribution < 1.29 is 41.3 Å². The van der Waals surface area contributed by atoms with Crippen LogP contribution in [0.1, 0.15) is 6.92 Å². The second-order valence-corrected chi connectivity index (χ2v) is 1.52. The normalized spacial score (nSPS) is 6.11. The minimum absolute atomic E-state index is 0. The van der Waals surface area contributed by atoms with Gasteiger partial charge in [-0.25, -0.2) is 0 Å². The van der Waals surface area contributed by atoms with Crippen LogP contribution in [0.15, 0.2) is 0 Å². The van der Waals surface area contributed by atoms with Crippen molar-refractivity contribution in [3.05, 3.63) is 6.42 Å². The van der Waals surface area contributed by atoms with Gasteiger partial charge in [-0.3, -0.25) is 0 Å². The van der Waals surface area contributed by atoms with Gasteiger partial charge in [-0.05, 0) is 0 Å². The molecule has 0 aliphatic rings. The van der Waals surface area contributed by atoms with Gasteiger partial charge in [-0.1, -0.05) is 0 Å². The summed E-state index contributed by atoms with van der Waals surface area (Å²) in [5, 5.41) is 0. The van der Waals surface area contributed by atoms with E-state index in [-0.39, 0.29) is 42.4 Å². The van der Waals surface area contributed by atoms with Gasteiger partial charge in [0.05, 0.1) is 5.91 Å². The molecule has 0 rings (SSSR count). The van der Waals surface area contributed by atoms with Crippen LogP contribution in [-0.2, 0) is 24.3 Å². The smallest absolute Gasteiger partial charge is 1.00 e. The number of hydrogen-bond acceptors (Lipinski definition) is 1. The molecule has 0 aliphatic heterocycles. The minimum Gasteiger partial charge on any atom is -1.00 e. The summed E-state index contributed by atoms with van der Waals surface area (Å²) in [5.74, 6) is 0.0556. The molecule has 0 heterocycles. The summed E-state index contributed by atoms with van der Waals surface area (Å²) < 4.78 is 0. The van der Waals surface area contributed by atoms with E-state index in [1.165, 1.54) is 11.3 Å². The van der Waals surface area contributed by atoms with Gasteiger partial charge in [0.1, 0.15) is 0 Å². The second kappa shape index (κ2) is 8.44. The molecule has 0 aliphatic carbocycles. The first-order valence-electron chi connectivity index (χ1n) is 2.19. The van der Waals surface area contributed by atoms with Gasteiger partial charge < -0.3 is 33.1 Å². The van der Waals surface area contributed by atoms with E-state index in [0.29, 0.717) is 0 Å². The molecule has 0 aromatic heterocycles. The molecular weight excluding hydrogens is 235 g/mol. The van der Waals surface area contributed by atoms with E-state index in [4.69, 9.17) is 0 Å². The van der Waals surface area contributed by atoms with E-state index in [9.17, 15) is 4.79 Å². The molecule has 0 bridgehead atoms. The topological polar surface area (TPSA) is 20.3 Å². The average molecular weight is 245 g/mol. The van der Waals surface area contributed by atoms with Crippen LogP contribution in [0.5, 0.6) is 0 Å². The summed E-state index contributed by atoms with van der Waals surface area (Å²) in [7, 11) is 3.45. The Bertz CT molecular complexity index is 77.4. The molecule has 0 saturated carbocycles. The zero-order chi connectivity index (χ0) is 5.86. The largest absolute Gasteiger partial charge is 2.00 e. The summed E-state index contributed by atoms with van der Waals surface area (Å²) in [6.45, 7) is 1.72. The molecule has 0 spiro atoms. The first-order valence-corrected chi connectivity index (χ1v) is 2.19. The number of rotatable bonds is 1. The third-order valence-corrected chi connectivity index (χ3v) is 0.688. The van der Waals surface area contributed by atoms with E-state index in [1.54, 1.807) is 21.0 Å². The fourth-order valence-corrected chi connectivity index (χ4v) is 0.258. The molecule has 0 fully saturated rings. The number of amides is 1. The zero-order valence-corrected chi connectivity index (χ0v) is 10.6. The van der Waals surface area contributed by atoms with Gasteiger partial charge in [0.15, 0.2) is 0 Å². The SMILES string of the molecule is C[CH-]C(=O)N(C)C.[Br-].[Zn+2]. The van der Waals surface area contributed by atoms with Gasteiger partial charge in [0.25, 0.3) is 0 Å². The van der Waals surface area contributed by atoms with Crippen molar-refractivity contribution >= 4 is 5.91 Å². The van der Waals surface area contributed by atoms with E-state index in [0.717, 1.165) is 0 Å². The summed E-state index contributed by atoms with van der Waals surface area (Å²) in [4.78, 5) is 11.9. The predicted molar refractivity (Wildman–Crippen MR) is 28.7 cm³/mol. The molecule has 2 nitrogen and oxygen atoms in total. The second-order valence-electron chi connectivity index (χ2n) is 1.52. The first kappa shape index (κ1) is 16.2. The van der Waals surface area contributed by atoms with Crippen molar-refractivity contribution in [2.75, 3.05) is 14.1 Å². The molecule has 0 aromatic carbocycles. The van der Waals surface area contributed by atoms with E-state index in [1.807, 2.05) is 0 Å². The molecule has 50 valence electrons. The van der Waals surface area contributed by atoms with Gasteiger partial charge in [0.2, 0.25) is 0 Å².